The van der Waals surface area contributed by atoms with Crippen LogP contribution in [0.15, 0.2) is 48.5 Å². The van der Waals surface area contributed by atoms with Crippen molar-refractivity contribution in [2.45, 2.75) is 13.5 Å². The second-order valence-electron chi connectivity index (χ2n) is 5.98. The number of fused-ring (bicyclic) bond motifs is 1. The molecule has 6 nitrogen and oxygen atoms in total. The molecule has 0 unspecified atom stereocenters. The topological polar surface area (TPSA) is 65.4 Å². The number of rotatable bonds is 4. The van der Waals surface area contributed by atoms with Gasteiger partial charge in [0.1, 0.15) is 0 Å². The maximum Gasteiger partial charge on any atom is 0.257 e. The molecule has 0 spiro atoms. The van der Waals surface area contributed by atoms with Crippen molar-refractivity contribution in [2.24, 2.45) is 0 Å². The molecule has 0 radical (unpaired) electrons. The minimum absolute atomic E-state index is 0.174. The number of aromatic nitrogens is 2. The van der Waals surface area contributed by atoms with E-state index < -0.39 is 0 Å². The van der Waals surface area contributed by atoms with Crippen LogP contribution in [0, 0.1) is 6.92 Å². The SMILES string of the molecule is Cc1cc(NC(=O)c2ccc3c(c2)OCO3)nn1Cc1cccc(Cl)c1. The first-order valence-corrected chi connectivity index (χ1v) is 8.46. The molecule has 1 aromatic heterocycles. The van der Waals surface area contributed by atoms with Crippen LogP contribution in [0.3, 0.4) is 0 Å². The van der Waals surface area contributed by atoms with Gasteiger partial charge in [-0.2, -0.15) is 5.10 Å². The molecule has 3 aromatic rings. The normalized spacial score (nSPS) is 12.2. The van der Waals surface area contributed by atoms with Crippen LogP contribution in [0.25, 0.3) is 0 Å². The lowest BCUT2D eigenvalue weighted by Crippen LogP contribution is -2.13. The lowest BCUT2D eigenvalue weighted by molar-refractivity contribution is 0.102. The van der Waals surface area contributed by atoms with Crippen LogP contribution in [-0.2, 0) is 6.54 Å². The Balaban J connectivity index is 1.49. The van der Waals surface area contributed by atoms with E-state index in [1.807, 2.05) is 41.9 Å². The van der Waals surface area contributed by atoms with Crippen molar-refractivity contribution in [3.05, 3.63) is 70.4 Å². The Bertz CT molecular complexity index is 984. The average molecular weight is 370 g/mol. The Morgan fingerprint density at radius 2 is 2.04 bits per heavy atom. The number of halogens is 1. The summed E-state index contributed by atoms with van der Waals surface area (Å²) in [7, 11) is 0. The number of benzene rings is 2. The van der Waals surface area contributed by atoms with E-state index in [2.05, 4.69) is 10.4 Å². The molecule has 0 bridgehead atoms. The first-order chi connectivity index (χ1) is 12.6. The summed E-state index contributed by atoms with van der Waals surface area (Å²) in [5.74, 6) is 1.45. The predicted octanol–water partition coefficient (Wildman–Crippen LogP) is 3.87. The zero-order chi connectivity index (χ0) is 18.1. The van der Waals surface area contributed by atoms with Crippen LogP contribution in [0.5, 0.6) is 11.5 Å². The van der Waals surface area contributed by atoms with Crippen molar-refractivity contribution in [3.63, 3.8) is 0 Å². The lowest BCUT2D eigenvalue weighted by atomic mass is 10.2. The molecule has 2 heterocycles. The van der Waals surface area contributed by atoms with Crippen molar-refractivity contribution < 1.29 is 14.3 Å². The van der Waals surface area contributed by atoms with Crippen molar-refractivity contribution in [2.75, 3.05) is 12.1 Å². The van der Waals surface area contributed by atoms with Crippen molar-refractivity contribution in [1.82, 2.24) is 9.78 Å². The van der Waals surface area contributed by atoms with Gasteiger partial charge in [0.05, 0.1) is 6.54 Å². The lowest BCUT2D eigenvalue weighted by Gasteiger charge is -2.05. The second-order valence-corrected chi connectivity index (χ2v) is 6.42. The number of anilines is 1. The minimum atomic E-state index is -0.254. The van der Waals surface area contributed by atoms with Gasteiger partial charge in [0.15, 0.2) is 17.3 Å². The maximum atomic E-state index is 12.5. The molecule has 0 saturated carbocycles. The molecule has 0 aliphatic carbocycles. The summed E-state index contributed by atoms with van der Waals surface area (Å²) in [6.45, 7) is 2.69. The highest BCUT2D eigenvalue weighted by Gasteiger charge is 2.17. The van der Waals surface area contributed by atoms with Crippen molar-refractivity contribution in [1.29, 1.82) is 0 Å². The van der Waals surface area contributed by atoms with E-state index in [-0.39, 0.29) is 12.7 Å². The molecule has 4 rings (SSSR count). The average Bonchev–Trinajstić information content (AvgIpc) is 3.21. The Morgan fingerprint density at radius 1 is 1.19 bits per heavy atom. The smallest absolute Gasteiger partial charge is 0.257 e. The largest absolute Gasteiger partial charge is 0.454 e. The first-order valence-electron chi connectivity index (χ1n) is 8.08. The molecule has 1 aliphatic rings. The predicted molar refractivity (Wildman–Crippen MR) is 98.0 cm³/mol. The van der Waals surface area contributed by atoms with Crippen molar-refractivity contribution in [3.8, 4) is 11.5 Å². The standard InChI is InChI=1S/C19H16ClN3O3/c1-12-7-18(22-23(12)10-13-3-2-4-15(20)8-13)21-19(24)14-5-6-16-17(9-14)26-11-25-16/h2-9H,10-11H2,1H3,(H,21,22,24). The van der Waals surface area contributed by atoms with E-state index in [1.54, 1.807) is 18.2 Å². The number of hydrogen-bond donors (Lipinski definition) is 1. The van der Waals surface area contributed by atoms with Crippen LogP contribution < -0.4 is 14.8 Å². The molecular weight excluding hydrogens is 354 g/mol. The number of carbonyl (C=O) groups excluding carboxylic acids is 1. The molecule has 132 valence electrons. The van der Waals surface area contributed by atoms with E-state index in [9.17, 15) is 4.79 Å². The molecule has 0 saturated heterocycles. The molecule has 0 atom stereocenters. The summed E-state index contributed by atoms with van der Waals surface area (Å²) in [4.78, 5) is 12.5. The minimum Gasteiger partial charge on any atom is -0.454 e. The zero-order valence-corrected chi connectivity index (χ0v) is 14.8. The summed E-state index contributed by atoms with van der Waals surface area (Å²) in [6.07, 6.45) is 0. The second kappa shape index (κ2) is 6.72. The molecule has 7 heteroatoms. The Morgan fingerprint density at radius 3 is 2.88 bits per heavy atom. The van der Waals surface area contributed by atoms with Gasteiger partial charge in [-0.3, -0.25) is 9.48 Å². The van der Waals surface area contributed by atoms with E-state index in [4.69, 9.17) is 21.1 Å². The van der Waals surface area contributed by atoms with Crippen LogP contribution >= 0.6 is 11.6 Å². The van der Waals surface area contributed by atoms with E-state index >= 15 is 0 Å². The number of ether oxygens (including phenoxy) is 2. The zero-order valence-electron chi connectivity index (χ0n) is 14.0. The third-order valence-electron chi connectivity index (χ3n) is 4.08. The summed E-state index contributed by atoms with van der Waals surface area (Å²) >= 11 is 6.03. The summed E-state index contributed by atoms with van der Waals surface area (Å²) < 4.78 is 12.4. The molecule has 0 fully saturated rings. The van der Waals surface area contributed by atoms with Gasteiger partial charge in [0, 0.05) is 22.3 Å². The van der Waals surface area contributed by atoms with Gasteiger partial charge in [-0.25, -0.2) is 0 Å². The highest BCUT2D eigenvalue weighted by atomic mass is 35.5. The van der Waals surface area contributed by atoms with Crippen LogP contribution in [-0.4, -0.2) is 22.5 Å². The number of amides is 1. The molecule has 1 N–H and O–H groups in total. The number of nitrogens with zero attached hydrogens (tertiary/aromatic N) is 2. The van der Waals surface area contributed by atoms with Crippen LogP contribution in [0.1, 0.15) is 21.6 Å². The molecule has 1 amide bonds. The summed E-state index contributed by atoms with van der Waals surface area (Å²) in [6, 6.07) is 14.5. The Hall–Kier alpha value is -2.99. The summed E-state index contributed by atoms with van der Waals surface area (Å²) in [5.41, 5.74) is 2.46. The molecule has 2 aromatic carbocycles. The van der Waals surface area contributed by atoms with Gasteiger partial charge in [0.2, 0.25) is 6.79 Å². The van der Waals surface area contributed by atoms with Gasteiger partial charge < -0.3 is 14.8 Å². The van der Waals surface area contributed by atoms with Gasteiger partial charge in [-0.15, -0.1) is 0 Å². The van der Waals surface area contributed by atoms with E-state index in [0.717, 1.165) is 11.3 Å². The Labute approximate surface area is 155 Å². The van der Waals surface area contributed by atoms with Gasteiger partial charge in [-0.1, -0.05) is 23.7 Å². The summed E-state index contributed by atoms with van der Waals surface area (Å²) in [5, 5.41) is 7.96. The monoisotopic (exact) mass is 369 g/mol. The van der Waals surface area contributed by atoms with E-state index in [1.165, 1.54) is 0 Å². The number of nitrogens with one attached hydrogen (secondary N) is 1. The highest BCUT2D eigenvalue weighted by Crippen LogP contribution is 2.32. The first kappa shape index (κ1) is 16.5. The van der Waals surface area contributed by atoms with Crippen LogP contribution in [0.4, 0.5) is 5.82 Å². The maximum absolute atomic E-state index is 12.5. The Kier molecular flexibility index (Phi) is 4.26. The quantitative estimate of drug-likeness (QED) is 0.758. The van der Waals surface area contributed by atoms with Gasteiger partial charge in [0.25, 0.3) is 5.91 Å². The van der Waals surface area contributed by atoms with Crippen molar-refractivity contribution >= 4 is 23.3 Å². The molecule has 26 heavy (non-hydrogen) atoms. The fourth-order valence-corrected chi connectivity index (χ4v) is 2.98. The van der Waals surface area contributed by atoms with Gasteiger partial charge >= 0.3 is 0 Å². The number of carbonyl (C=O) groups is 1. The highest BCUT2D eigenvalue weighted by molar-refractivity contribution is 6.30. The third-order valence-corrected chi connectivity index (χ3v) is 4.31. The number of hydrogen-bond acceptors (Lipinski definition) is 4. The fraction of sp³-hybridized carbons (Fsp3) is 0.158. The molecule has 1 aliphatic heterocycles. The van der Waals surface area contributed by atoms with Gasteiger partial charge in [-0.05, 0) is 42.8 Å². The van der Waals surface area contributed by atoms with E-state index in [0.29, 0.717) is 34.4 Å². The van der Waals surface area contributed by atoms with Crippen LogP contribution in [0.2, 0.25) is 5.02 Å². The number of aryl methyl sites for hydroxylation is 1. The third kappa shape index (κ3) is 3.36. The fourth-order valence-electron chi connectivity index (χ4n) is 2.77. The molecular formula is C19H16ClN3O3.